The largest absolute Gasteiger partial charge is 0.389 e. The summed E-state index contributed by atoms with van der Waals surface area (Å²) in [5.74, 6) is 0.595. The van der Waals surface area contributed by atoms with Crippen molar-refractivity contribution < 1.29 is 14.2 Å². The summed E-state index contributed by atoms with van der Waals surface area (Å²) in [6.07, 6.45) is 3.60. The molecule has 0 amide bonds. The summed E-state index contributed by atoms with van der Waals surface area (Å²) in [7, 11) is 0. The van der Waals surface area contributed by atoms with E-state index >= 15 is 0 Å². The summed E-state index contributed by atoms with van der Waals surface area (Å²) >= 11 is 0. The third-order valence-electron chi connectivity index (χ3n) is 7.63. The molecule has 2 bridgehead atoms. The van der Waals surface area contributed by atoms with Crippen LogP contribution in [0.2, 0.25) is 0 Å². The zero-order chi connectivity index (χ0) is 19.9. The predicted molar refractivity (Wildman–Crippen MR) is 110 cm³/mol. The standard InChI is InChI=1S/C23H35FN2O2/c1-22(2)17-8-9-23(3,14-17)21(22)28-16-18(27)15-25-10-12-26(13-11-25)20-7-5-4-6-19(20)24/h4-7,17-18,21,27H,8-16H2,1-3H3/t17-,18-,21+,23-/m0/s1. The molecule has 1 aromatic carbocycles. The van der Waals surface area contributed by atoms with E-state index in [1.807, 2.05) is 12.1 Å². The first-order valence-corrected chi connectivity index (χ1v) is 10.8. The Kier molecular flexibility index (Phi) is 5.45. The zero-order valence-corrected chi connectivity index (χ0v) is 17.5. The molecular formula is C23H35FN2O2. The number of benzene rings is 1. The van der Waals surface area contributed by atoms with Crippen LogP contribution in [0.5, 0.6) is 0 Å². The van der Waals surface area contributed by atoms with E-state index in [2.05, 4.69) is 30.6 Å². The van der Waals surface area contributed by atoms with Crippen molar-refractivity contribution in [1.29, 1.82) is 0 Å². The number of aliphatic hydroxyl groups is 1. The summed E-state index contributed by atoms with van der Waals surface area (Å²) in [6, 6.07) is 6.96. The van der Waals surface area contributed by atoms with Gasteiger partial charge >= 0.3 is 0 Å². The molecule has 1 aromatic rings. The maximum atomic E-state index is 14.0. The van der Waals surface area contributed by atoms with Crippen molar-refractivity contribution in [3.05, 3.63) is 30.1 Å². The summed E-state index contributed by atoms with van der Waals surface area (Å²) in [5, 5.41) is 10.6. The molecule has 4 rings (SSSR count). The lowest BCUT2D eigenvalue weighted by molar-refractivity contribution is -0.113. The van der Waals surface area contributed by atoms with E-state index in [-0.39, 0.29) is 22.8 Å². The van der Waals surface area contributed by atoms with E-state index < -0.39 is 6.10 Å². The second kappa shape index (κ2) is 7.58. The van der Waals surface area contributed by atoms with Gasteiger partial charge in [-0.3, -0.25) is 4.90 Å². The van der Waals surface area contributed by atoms with E-state index in [1.54, 1.807) is 6.07 Å². The third kappa shape index (κ3) is 3.69. The molecule has 1 saturated heterocycles. The van der Waals surface area contributed by atoms with E-state index in [9.17, 15) is 9.50 Å². The number of hydrogen-bond donors (Lipinski definition) is 1. The van der Waals surface area contributed by atoms with Crippen LogP contribution in [0.3, 0.4) is 0 Å². The van der Waals surface area contributed by atoms with Crippen molar-refractivity contribution in [2.24, 2.45) is 16.7 Å². The number of aliphatic hydroxyl groups excluding tert-OH is 1. The fourth-order valence-electron chi connectivity index (χ4n) is 6.11. The molecule has 4 nitrogen and oxygen atoms in total. The van der Waals surface area contributed by atoms with Crippen molar-refractivity contribution in [2.75, 3.05) is 44.2 Å². The molecular weight excluding hydrogens is 355 g/mol. The van der Waals surface area contributed by atoms with Crippen LogP contribution in [-0.2, 0) is 4.74 Å². The van der Waals surface area contributed by atoms with Crippen molar-refractivity contribution in [2.45, 2.75) is 52.2 Å². The molecule has 2 aliphatic carbocycles. The lowest BCUT2D eigenvalue weighted by Gasteiger charge is -2.43. The molecule has 5 heteroatoms. The van der Waals surface area contributed by atoms with E-state index in [4.69, 9.17) is 4.74 Å². The van der Waals surface area contributed by atoms with Crippen molar-refractivity contribution >= 4 is 5.69 Å². The normalized spacial score (nSPS) is 33.4. The van der Waals surface area contributed by atoms with Gasteiger partial charge in [-0.05, 0) is 48.1 Å². The highest BCUT2D eigenvalue weighted by atomic mass is 19.1. The second-order valence-electron chi connectivity index (χ2n) is 10.0. The zero-order valence-electron chi connectivity index (χ0n) is 17.5. The number of para-hydroxylation sites is 1. The second-order valence-corrected chi connectivity index (χ2v) is 10.0. The first-order chi connectivity index (χ1) is 13.3. The van der Waals surface area contributed by atoms with E-state index in [1.165, 1.54) is 25.3 Å². The Morgan fingerprint density at radius 3 is 2.54 bits per heavy atom. The van der Waals surface area contributed by atoms with Gasteiger partial charge in [0.15, 0.2) is 0 Å². The minimum atomic E-state index is -0.474. The average molecular weight is 391 g/mol. The maximum absolute atomic E-state index is 14.0. The smallest absolute Gasteiger partial charge is 0.146 e. The number of ether oxygens (including phenoxy) is 1. The Labute approximate surface area is 168 Å². The van der Waals surface area contributed by atoms with Gasteiger partial charge in [-0.1, -0.05) is 32.9 Å². The van der Waals surface area contributed by atoms with Crippen LogP contribution in [0.4, 0.5) is 10.1 Å². The lowest BCUT2D eigenvalue weighted by atomic mass is 9.70. The molecule has 0 aromatic heterocycles. The SMILES string of the molecule is CC1(C)[C@H]2CC[C@@](C)(C2)[C@@H]1OC[C@@H](O)CN1CCN(c2ccccc2F)CC1. The third-order valence-corrected chi connectivity index (χ3v) is 7.63. The van der Waals surface area contributed by atoms with Crippen LogP contribution in [0.15, 0.2) is 24.3 Å². The quantitative estimate of drug-likeness (QED) is 0.806. The van der Waals surface area contributed by atoms with Gasteiger partial charge < -0.3 is 14.7 Å². The number of fused-ring (bicyclic) bond motifs is 2. The van der Waals surface area contributed by atoms with Gasteiger partial charge in [0.05, 0.1) is 24.5 Å². The molecule has 0 spiro atoms. The van der Waals surface area contributed by atoms with Crippen LogP contribution in [0.25, 0.3) is 0 Å². The number of hydrogen-bond acceptors (Lipinski definition) is 4. The van der Waals surface area contributed by atoms with Crippen molar-refractivity contribution in [3.63, 3.8) is 0 Å². The van der Waals surface area contributed by atoms with Crippen LogP contribution in [-0.4, -0.2) is 61.5 Å². The molecule has 3 aliphatic rings. The molecule has 28 heavy (non-hydrogen) atoms. The average Bonchev–Trinajstić information content (AvgIpc) is 3.14. The summed E-state index contributed by atoms with van der Waals surface area (Å²) in [4.78, 5) is 4.35. The van der Waals surface area contributed by atoms with Gasteiger partial charge in [-0.15, -0.1) is 0 Å². The highest BCUT2D eigenvalue weighted by molar-refractivity contribution is 5.47. The minimum absolute atomic E-state index is 0.161. The lowest BCUT2D eigenvalue weighted by Crippen LogP contribution is -2.50. The first-order valence-electron chi connectivity index (χ1n) is 10.8. The fourth-order valence-corrected chi connectivity index (χ4v) is 6.11. The monoisotopic (exact) mass is 390 g/mol. The van der Waals surface area contributed by atoms with Gasteiger partial charge in [0, 0.05) is 32.7 Å². The Morgan fingerprint density at radius 2 is 1.89 bits per heavy atom. The minimum Gasteiger partial charge on any atom is -0.389 e. The molecule has 4 atom stereocenters. The van der Waals surface area contributed by atoms with E-state index in [0.717, 1.165) is 32.1 Å². The first kappa shape index (κ1) is 20.1. The summed E-state index contributed by atoms with van der Waals surface area (Å²) in [5.41, 5.74) is 1.16. The Balaban J connectivity index is 1.24. The number of rotatable bonds is 6. The fraction of sp³-hybridized carbons (Fsp3) is 0.739. The van der Waals surface area contributed by atoms with Crippen LogP contribution in [0.1, 0.15) is 40.0 Å². The molecule has 156 valence electrons. The molecule has 1 aliphatic heterocycles. The Hall–Kier alpha value is -1.17. The Morgan fingerprint density at radius 1 is 1.18 bits per heavy atom. The molecule has 2 saturated carbocycles. The predicted octanol–water partition coefficient (Wildman–Crippen LogP) is 3.54. The highest BCUT2D eigenvalue weighted by Gasteiger charge is 2.60. The van der Waals surface area contributed by atoms with Crippen LogP contribution >= 0.6 is 0 Å². The van der Waals surface area contributed by atoms with Crippen LogP contribution in [0, 0.1) is 22.6 Å². The van der Waals surface area contributed by atoms with Crippen molar-refractivity contribution in [1.82, 2.24) is 4.90 Å². The molecule has 1 heterocycles. The van der Waals surface area contributed by atoms with Crippen LogP contribution < -0.4 is 4.90 Å². The molecule has 3 fully saturated rings. The highest BCUT2D eigenvalue weighted by Crippen LogP contribution is 2.63. The van der Waals surface area contributed by atoms with Gasteiger partial charge in [0.25, 0.3) is 0 Å². The molecule has 1 N–H and O–H groups in total. The molecule has 0 unspecified atom stereocenters. The van der Waals surface area contributed by atoms with Gasteiger partial charge in [-0.2, -0.15) is 0 Å². The number of β-amino-alcohol motifs (C(OH)–C–C–N with tert-alkyl or cyclic N) is 1. The van der Waals surface area contributed by atoms with E-state index in [0.29, 0.717) is 18.8 Å². The number of piperazine rings is 1. The summed E-state index contributed by atoms with van der Waals surface area (Å²) in [6.45, 7) is 11.3. The van der Waals surface area contributed by atoms with Crippen molar-refractivity contribution in [3.8, 4) is 0 Å². The molecule has 0 radical (unpaired) electrons. The number of halogens is 1. The number of anilines is 1. The van der Waals surface area contributed by atoms with Gasteiger partial charge in [0.1, 0.15) is 5.82 Å². The summed E-state index contributed by atoms with van der Waals surface area (Å²) < 4.78 is 20.3. The Bertz CT molecular complexity index is 684. The topological polar surface area (TPSA) is 35.9 Å². The number of nitrogens with zero attached hydrogens (tertiary/aromatic N) is 2. The van der Waals surface area contributed by atoms with Gasteiger partial charge in [-0.25, -0.2) is 4.39 Å². The maximum Gasteiger partial charge on any atom is 0.146 e. The van der Waals surface area contributed by atoms with Gasteiger partial charge in [0.2, 0.25) is 0 Å².